The molecule has 1 rings (SSSR count). The number of carbonyl (C=O) groups is 2. The monoisotopic (exact) mass is 436 g/mol. The number of benzene rings is 1. The van der Waals surface area contributed by atoms with Gasteiger partial charge >= 0.3 is 5.97 Å². The molecule has 7 nitrogen and oxygen atoms in total. The lowest BCUT2D eigenvalue weighted by molar-refractivity contribution is -0.148. The number of aromatic hydroxyl groups is 1. The zero-order valence-corrected chi connectivity index (χ0v) is 15.4. The van der Waals surface area contributed by atoms with E-state index in [-0.39, 0.29) is 29.4 Å². The van der Waals surface area contributed by atoms with Crippen LogP contribution in [0.3, 0.4) is 0 Å². The second-order valence-corrected chi connectivity index (χ2v) is 6.07. The van der Waals surface area contributed by atoms with Crippen LogP contribution in [0.2, 0.25) is 0 Å². The fourth-order valence-electron chi connectivity index (χ4n) is 2.13. The minimum Gasteiger partial charge on any atom is -0.504 e. The van der Waals surface area contributed by atoms with Gasteiger partial charge in [-0.2, -0.15) is 0 Å². The maximum absolute atomic E-state index is 12.3. The molecule has 8 heteroatoms. The molecule has 0 aliphatic carbocycles. The average molecular weight is 436 g/mol. The average Bonchev–Trinajstić information content (AvgIpc) is 2.47. The van der Waals surface area contributed by atoms with E-state index in [0.717, 1.165) is 0 Å². The Labute approximate surface area is 148 Å². The summed E-state index contributed by atoms with van der Waals surface area (Å²) >= 11 is 1.99. The van der Waals surface area contributed by atoms with Gasteiger partial charge in [-0.1, -0.05) is 13.8 Å². The number of amides is 1. The van der Waals surface area contributed by atoms with E-state index in [1.54, 1.807) is 0 Å². The van der Waals surface area contributed by atoms with E-state index in [2.05, 4.69) is 10.1 Å². The fraction of sp³-hybridized carbons (Fsp3) is 0.467. The van der Waals surface area contributed by atoms with Crippen LogP contribution in [0.25, 0.3) is 0 Å². The number of alkyl halides is 1. The number of phenols is 1. The number of carbonyl (C=O) groups excluding carboxylic acids is 2. The molecule has 4 N–H and O–H groups in total. The van der Waals surface area contributed by atoms with Crippen LogP contribution >= 0.6 is 22.6 Å². The molecule has 1 amide bonds. The van der Waals surface area contributed by atoms with Crippen molar-refractivity contribution in [3.63, 3.8) is 0 Å². The number of halogens is 1. The molecule has 1 aromatic carbocycles. The van der Waals surface area contributed by atoms with Crippen molar-refractivity contribution >= 4 is 34.5 Å². The summed E-state index contributed by atoms with van der Waals surface area (Å²) in [6.45, 7) is 3.75. The van der Waals surface area contributed by atoms with Gasteiger partial charge in [-0.05, 0) is 53.1 Å². The third-order valence-corrected chi connectivity index (χ3v) is 3.36. The van der Waals surface area contributed by atoms with Crippen molar-refractivity contribution in [1.82, 2.24) is 5.32 Å². The van der Waals surface area contributed by atoms with E-state index in [4.69, 9.17) is 10.5 Å². The highest BCUT2D eigenvalue weighted by Crippen LogP contribution is 2.27. The molecule has 1 unspecified atom stereocenters. The zero-order chi connectivity index (χ0) is 17.6. The maximum Gasteiger partial charge on any atom is 0.346 e. The van der Waals surface area contributed by atoms with E-state index in [0.29, 0.717) is 4.61 Å². The Morgan fingerprint density at radius 2 is 2.09 bits per heavy atom. The highest BCUT2D eigenvalue weighted by atomic mass is 127. The lowest BCUT2D eigenvalue weighted by atomic mass is 9.97. The third kappa shape index (κ3) is 5.24. The molecule has 0 saturated carbocycles. The van der Waals surface area contributed by atoms with E-state index in [9.17, 15) is 14.7 Å². The Morgan fingerprint density at radius 1 is 1.43 bits per heavy atom. The first-order valence-electron chi connectivity index (χ1n) is 6.95. The van der Waals surface area contributed by atoms with Crippen LogP contribution in [0.4, 0.5) is 0 Å². The smallest absolute Gasteiger partial charge is 0.346 e. The number of nitrogens with one attached hydrogen (secondary N) is 1. The van der Waals surface area contributed by atoms with Gasteiger partial charge in [0.15, 0.2) is 17.2 Å². The van der Waals surface area contributed by atoms with Crippen LogP contribution in [-0.4, -0.2) is 34.4 Å². The molecule has 0 spiro atoms. The molecular weight excluding hydrogens is 415 g/mol. The summed E-state index contributed by atoms with van der Waals surface area (Å²) in [4.78, 5) is 24.2. The Bertz CT molecular complexity index is 579. The number of hydrogen-bond acceptors (Lipinski definition) is 6. The summed E-state index contributed by atoms with van der Waals surface area (Å²) in [5.41, 5.74) is 4.54. The predicted molar refractivity (Wildman–Crippen MR) is 93.5 cm³/mol. The summed E-state index contributed by atoms with van der Waals surface area (Å²) in [5.74, 6) is -1.15. The Balaban J connectivity index is 2.99. The summed E-state index contributed by atoms with van der Waals surface area (Å²) in [6.07, 6.45) is 0.216. The number of phenolic OH excluding ortho intramolecular Hbond substituents is 1. The van der Waals surface area contributed by atoms with E-state index in [1.807, 2.05) is 36.4 Å². The third-order valence-electron chi connectivity index (χ3n) is 3.05. The van der Waals surface area contributed by atoms with E-state index >= 15 is 0 Å². The molecule has 0 aliphatic heterocycles. The van der Waals surface area contributed by atoms with Crippen LogP contribution in [0.15, 0.2) is 18.2 Å². The van der Waals surface area contributed by atoms with Crippen molar-refractivity contribution in [1.29, 1.82) is 0 Å². The number of methoxy groups -OCH3 is 1. The van der Waals surface area contributed by atoms with Gasteiger partial charge in [-0.15, -0.1) is 0 Å². The van der Waals surface area contributed by atoms with E-state index in [1.165, 1.54) is 25.3 Å². The largest absolute Gasteiger partial charge is 0.504 e. The molecule has 1 aromatic rings. The van der Waals surface area contributed by atoms with Crippen molar-refractivity contribution in [2.24, 2.45) is 11.7 Å². The zero-order valence-electron chi connectivity index (χ0n) is 13.3. The molecule has 0 heterocycles. The second kappa shape index (κ2) is 8.34. The first kappa shape index (κ1) is 19.5. The highest BCUT2D eigenvalue weighted by Gasteiger charge is 2.37. The van der Waals surface area contributed by atoms with Crippen LogP contribution in [0.5, 0.6) is 11.5 Å². The van der Waals surface area contributed by atoms with Crippen molar-refractivity contribution in [3.05, 3.63) is 23.8 Å². The summed E-state index contributed by atoms with van der Waals surface area (Å²) < 4.78 is 10.2. The first-order valence-corrected chi connectivity index (χ1v) is 8.47. The SMILES string of the molecule is COC(=O)C(N)(CC(C)C)NC(=O)c1ccc(OCI)c(O)c1. The van der Waals surface area contributed by atoms with Gasteiger partial charge in [0.1, 0.15) is 4.61 Å². The number of ether oxygens (including phenoxy) is 2. The van der Waals surface area contributed by atoms with Gasteiger partial charge in [-0.25, -0.2) is 4.79 Å². The fourth-order valence-corrected chi connectivity index (χ4v) is 2.46. The lowest BCUT2D eigenvalue weighted by Gasteiger charge is -2.29. The normalized spacial score (nSPS) is 13.3. The van der Waals surface area contributed by atoms with Gasteiger partial charge in [0.2, 0.25) is 0 Å². The molecule has 0 radical (unpaired) electrons. The number of nitrogens with two attached hydrogens (primary N) is 1. The first-order chi connectivity index (χ1) is 10.7. The molecule has 0 aromatic heterocycles. The van der Waals surface area contributed by atoms with Crippen molar-refractivity contribution in [2.45, 2.75) is 25.9 Å². The summed E-state index contributed by atoms with van der Waals surface area (Å²) in [7, 11) is 1.21. The van der Waals surface area contributed by atoms with Crippen LogP contribution < -0.4 is 15.8 Å². The van der Waals surface area contributed by atoms with Crippen molar-refractivity contribution in [3.8, 4) is 11.5 Å². The van der Waals surface area contributed by atoms with Crippen LogP contribution in [-0.2, 0) is 9.53 Å². The molecule has 128 valence electrons. The van der Waals surface area contributed by atoms with Gasteiger partial charge in [0, 0.05) is 5.56 Å². The predicted octanol–water partition coefficient (Wildman–Crippen LogP) is 1.77. The Kier molecular flexibility index (Phi) is 7.07. The Morgan fingerprint density at radius 3 is 2.57 bits per heavy atom. The molecule has 0 saturated heterocycles. The molecule has 0 fully saturated rings. The summed E-state index contributed by atoms with van der Waals surface area (Å²) in [5, 5.41) is 12.3. The van der Waals surface area contributed by atoms with Crippen molar-refractivity contribution in [2.75, 3.05) is 11.7 Å². The molecule has 23 heavy (non-hydrogen) atoms. The molecule has 1 atom stereocenters. The van der Waals surface area contributed by atoms with Gasteiger partial charge in [-0.3, -0.25) is 10.5 Å². The van der Waals surface area contributed by atoms with Crippen LogP contribution in [0.1, 0.15) is 30.6 Å². The number of hydrogen-bond donors (Lipinski definition) is 3. The highest BCUT2D eigenvalue weighted by molar-refractivity contribution is 14.1. The lowest BCUT2D eigenvalue weighted by Crippen LogP contribution is -2.62. The number of esters is 1. The summed E-state index contributed by atoms with van der Waals surface area (Å²) in [6, 6.07) is 4.20. The quantitative estimate of drug-likeness (QED) is 0.260. The van der Waals surface area contributed by atoms with Crippen LogP contribution in [0, 0.1) is 5.92 Å². The molecular formula is C15H21IN2O5. The minimum atomic E-state index is -1.63. The second-order valence-electron chi connectivity index (χ2n) is 5.45. The van der Waals surface area contributed by atoms with Gasteiger partial charge < -0.3 is 19.9 Å². The van der Waals surface area contributed by atoms with Gasteiger partial charge in [0.25, 0.3) is 5.91 Å². The standard InChI is InChI=1S/C15H21IN2O5/c1-9(2)7-15(17,14(21)22-3)18-13(20)10-4-5-12(23-8-16)11(19)6-10/h4-6,9,19H,7-8,17H2,1-3H3,(H,18,20). The maximum atomic E-state index is 12.3. The van der Waals surface area contributed by atoms with Gasteiger partial charge in [0.05, 0.1) is 7.11 Å². The molecule has 0 aliphatic rings. The number of rotatable bonds is 7. The minimum absolute atomic E-state index is 0.0623. The Hall–Kier alpha value is -1.55. The van der Waals surface area contributed by atoms with E-state index < -0.39 is 17.5 Å². The van der Waals surface area contributed by atoms with Crippen molar-refractivity contribution < 1.29 is 24.2 Å². The molecule has 0 bridgehead atoms. The topological polar surface area (TPSA) is 111 Å².